The third kappa shape index (κ3) is 3.25. The topological polar surface area (TPSA) is 49.9 Å². The summed E-state index contributed by atoms with van der Waals surface area (Å²) >= 11 is 0. The summed E-state index contributed by atoms with van der Waals surface area (Å²) in [5.74, 6) is -0.115. The average Bonchev–Trinajstić information content (AvgIpc) is 2.79. The zero-order valence-electron chi connectivity index (χ0n) is 14.7. The highest BCUT2D eigenvalue weighted by molar-refractivity contribution is 5.81. The van der Waals surface area contributed by atoms with Gasteiger partial charge in [-0.2, -0.15) is 0 Å². The number of rotatable bonds is 3. The van der Waals surface area contributed by atoms with Crippen molar-refractivity contribution in [2.24, 2.45) is 11.8 Å². The number of esters is 1. The second-order valence-electron chi connectivity index (χ2n) is 7.77. The van der Waals surface area contributed by atoms with E-state index in [1.54, 1.807) is 19.0 Å². The molecule has 23 heavy (non-hydrogen) atoms. The van der Waals surface area contributed by atoms with Gasteiger partial charge in [0.1, 0.15) is 6.10 Å². The van der Waals surface area contributed by atoms with Crippen molar-refractivity contribution >= 4 is 11.9 Å². The summed E-state index contributed by atoms with van der Waals surface area (Å²) in [4.78, 5) is 29.2. The van der Waals surface area contributed by atoms with Gasteiger partial charge in [-0.25, -0.2) is 0 Å². The highest BCUT2D eigenvalue weighted by Gasteiger charge is 2.50. The molecular weight excluding hydrogens is 292 g/mol. The molecule has 4 atom stereocenters. The Kier molecular flexibility index (Phi) is 4.95. The van der Waals surface area contributed by atoms with Crippen molar-refractivity contribution in [1.29, 1.82) is 0 Å². The van der Waals surface area contributed by atoms with Gasteiger partial charge in [-0.05, 0) is 32.7 Å². The van der Waals surface area contributed by atoms with E-state index in [4.69, 9.17) is 4.74 Å². The minimum absolute atomic E-state index is 0.0520. The summed E-state index contributed by atoms with van der Waals surface area (Å²) < 4.78 is 5.93. The van der Waals surface area contributed by atoms with Crippen molar-refractivity contribution in [2.75, 3.05) is 21.1 Å². The van der Waals surface area contributed by atoms with E-state index in [0.717, 1.165) is 44.9 Å². The average molecular weight is 322 g/mol. The van der Waals surface area contributed by atoms with Gasteiger partial charge >= 0.3 is 5.97 Å². The van der Waals surface area contributed by atoms with Crippen LogP contribution >= 0.6 is 0 Å². The van der Waals surface area contributed by atoms with Crippen LogP contribution in [0.3, 0.4) is 0 Å². The first-order valence-corrected chi connectivity index (χ1v) is 9.12. The summed E-state index contributed by atoms with van der Waals surface area (Å²) in [6, 6.07) is 0.670. The third-order valence-electron chi connectivity index (χ3n) is 6.15. The summed E-state index contributed by atoms with van der Waals surface area (Å²) in [5.41, 5.74) is 0. The van der Waals surface area contributed by atoms with E-state index in [1.807, 2.05) is 0 Å². The molecule has 5 heteroatoms. The van der Waals surface area contributed by atoms with E-state index < -0.39 is 0 Å². The summed E-state index contributed by atoms with van der Waals surface area (Å²) in [7, 11) is 5.70. The Morgan fingerprint density at radius 2 is 1.74 bits per heavy atom. The molecule has 2 bridgehead atoms. The van der Waals surface area contributed by atoms with Crippen molar-refractivity contribution in [1.82, 2.24) is 9.80 Å². The molecule has 1 saturated carbocycles. The van der Waals surface area contributed by atoms with E-state index in [1.165, 1.54) is 6.42 Å². The van der Waals surface area contributed by atoms with Crippen molar-refractivity contribution in [3.8, 4) is 0 Å². The van der Waals surface area contributed by atoms with Crippen LogP contribution in [-0.4, -0.2) is 61.0 Å². The van der Waals surface area contributed by atoms with Crippen LogP contribution in [0, 0.1) is 11.8 Å². The molecule has 1 amide bonds. The van der Waals surface area contributed by atoms with Gasteiger partial charge in [-0.15, -0.1) is 0 Å². The van der Waals surface area contributed by atoms with Crippen LogP contribution < -0.4 is 0 Å². The molecule has 5 nitrogen and oxygen atoms in total. The van der Waals surface area contributed by atoms with Gasteiger partial charge in [0.15, 0.2) is 0 Å². The number of ether oxygens (including phenoxy) is 1. The number of carbonyl (C=O) groups excluding carboxylic acids is 2. The van der Waals surface area contributed by atoms with Crippen LogP contribution in [0.4, 0.5) is 0 Å². The fourth-order valence-corrected chi connectivity index (χ4v) is 4.75. The van der Waals surface area contributed by atoms with Gasteiger partial charge in [-0.1, -0.05) is 19.3 Å². The second-order valence-corrected chi connectivity index (χ2v) is 7.77. The van der Waals surface area contributed by atoms with Crippen LogP contribution in [-0.2, 0) is 14.3 Å². The molecule has 0 aromatic rings. The van der Waals surface area contributed by atoms with E-state index in [-0.39, 0.29) is 35.9 Å². The van der Waals surface area contributed by atoms with E-state index >= 15 is 0 Å². The Morgan fingerprint density at radius 3 is 2.39 bits per heavy atom. The maximum atomic E-state index is 12.7. The Morgan fingerprint density at radius 1 is 1.04 bits per heavy atom. The first kappa shape index (κ1) is 16.7. The van der Waals surface area contributed by atoms with Gasteiger partial charge in [0.05, 0.1) is 11.8 Å². The Balaban J connectivity index is 1.73. The predicted octanol–water partition coefficient (Wildman–Crippen LogP) is 2.05. The summed E-state index contributed by atoms with van der Waals surface area (Å²) in [6.07, 6.45) is 8.07. The first-order chi connectivity index (χ1) is 11.0. The molecule has 2 unspecified atom stereocenters. The smallest absolute Gasteiger partial charge is 0.309 e. The fourth-order valence-electron chi connectivity index (χ4n) is 4.75. The number of carbonyl (C=O) groups is 2. The lowest BCUT2D eigenvalue weighted by Crippen LogP contribution is -2.55. The van der Waals surface area contributed by atoms with Crippen molar-refractivity contribution in [2.45, 2.75) is 69.6 Å². The molecule has 0 aromatic carbocycles. The van der Waals surface area contributed by atoms with Gasteiger partial charge in [-0.3, -0.25) is 14.5 Å². The van der Waals surface area contributed by atoms with Crippen molar-refractivity contribution in [3.05, 3.63) is 0 Å². The second kappa shape index (κ2) is 6.80. The summed E-state index contributed by atoms with van der Waals surface area (Å²) in [6.45, 7) is 0. The van der Waals surface area contributed by atoms with E-state index in [9.17, 15) is 9.59 Å². The number of piperidine rings is 1. The maximum Gasteiger partial charge on any atom is 0.309 e. The molecule has 0 N–H and O–H groups in total. The largest absolute Gasteiger partial charge is 0.461 e. The fraction of sp³-hybridized carbons (Fsp3) is 0.889. The van der Waals surface area contributed by atoms with Gasteiger partial charge < -0.3 is 9.64 Å². The van der Waals surface area contributed by atoms with E-state index in [0.29, 0.717) is 6.04 Å². The Bertz CT molecular complexity index is 459. The Hall–Kier alpha value is -1.10. The monoisotopic (exact) mass is 322 g/mol. The lowest BCUT2D eigenvalue weighted by Gasteiger charge is -2.42. The number of nitrogens with zero attached hydrogens (tertiary/aromatic N) is 2. The van der Waals surface area contributed by atoms with Crippen molar-refractivity contribution < 1.29 is 14.3 Å². The lowest BCUT2D eigenvalue weighted by atomic mass is 9.85. The normalized spacial score (nSPS) is 35.1. The van der Waals surface area contributed by atoms with Crippen molar-refractivity contribution in [3.63, 3.8) is 0 Å². The van der Waals surface area contributed by atoms with Crippen LogP contribution in [0.2, 0.25) is 0 Å². The molecule has 2 saturated heterocycles. The maximum absolute atomic E-state index is 12.7. The van der Waals surface area contributed by atoms with Crippen LogP contribution in [0.15, 0.2) is 0 Å². The molecule has 1 aliphatic carbocycles. The van der Waals surface area contributed by atoms with Gasteiger partial charge in [0.25, 0.3) is 0 Å². The SMILES string of the molecule is CN(C)C(=O)C1C2CC[C@H](C[C@@H]1OC(=O)C1CCCCC1)N2C. The van der Waals surface area contributed by atoms with Crippen LogP contribution in [0.5, 0.6) is 0 Å². The standard InChI is InChI=1S/C18H30N2O3/c1-19(2)17(21)16-14-10-9-13(20(14)3)11-15(16)23-18(22)12-7-5-4-6-8-12/h12-16H,4-11H2,1-3H3/t13-,14?,15+,16?/m1/s1. The molecule has 130 valence electrons. The number of amides is 1. The minimum atomic E-state index is -0.243. The first-order valence-electron chi connectivity index (χ1n) is 9.12. The molecular formula is C18H30N2O3. The van der Waals surface area contributed by atoms with Gasteiger partial charge in [0, 0.05) is 32.6 Å². The minimum Gasteiger partial charge on any atom is -0.461 e. The molecule has 3 aliphatic rings. The molecule has 0 radical (unpaired) electrons. The summed E-state index contributed by atoms with van der Waals surface area (Å²) in [5, 5.41) is 0. The quantitative estimate of drug-likeness (QED) is 0.746. The predicted molar refractivity (Wildman–Crippen MR) is 87.8 cm³/mol. The molecule has 2 aliphatic heterocycles. The zero-order chi connectivity index (χ0) is 16.6. The van der Waals surface area contributed by atoms with Crippen LogP contribution in [0.25, 0.3) is 0 Å². The Labute approximate surface area is 139 Å². The molecule has 2 heterocycles. The molecule has 3 fully saturated rings. The van der Waals surface area contributed by atoms with Gasteiger partial charge in [0.2, 0.25) is 5.91 Å². The van der Waals surface area contributed by atoms with E-state index in [2.05, 4.69) is 11.9 Å². The molecule has 3 rings (SSSR count). The molecule has 0 spiro atoms. The zero-order valence-corrected chi connectivity index (χ0v) is 14.7. The highest BCUT2D eigenvalue weighted by Crippen LogP contribution is 2.40. The lowest BCUT2D eigenvalue weighted by molar-refractivity contribution is -0.167. The highest BCUT2D eigenvalue weighted by atomic mass is 16.5. The van der Waals surface area contributed by atoms with Crippen LogP contribution in [0.1, 0.15) is 51.4 Å². The third-order valence-corrected chi connectivity index (χ3v) is 6.15. The molecule has 0 aromatic heterocycles. The number of fused-ring (bicyclic) bond motifs is 2. The number of hydrogen-bond donors (Lipinski definition) is 0. The number of hydrogen-bond acceptors (Lipinski definition) is 4.